The highest BCUT2D eigenvalue weighted by atomic mass is 32.2. The maximum atomic E-state index is 12.8. The third-order valence-electron chi connectivity index (χ3n) is 4.46. The predicted octanol–water partition coefficient (Wildman–Crippen LogP) is 2.81. The second kappa shape index (κ2) is 7.68. The molecule has 7 heteroatoms. The van der Waals surface area contributed by atoms with Gasteiger partial charge in [0.2, 0.25) is 5.91 Å². The Morgan fingerprint density at radius 3 is 2.68 bits per heavy atom. The number of rotatable bonds is 5. The van der Waals surface area contributed by atoms with E-state index in [4.69, 9.17) is 0 Å². The summed E-state index contributed by atoms with van der Waals surface area (Å²) in [6, 6.07) is 13.2. The van der Waals surface area contributed by atoms with Crippen LogP contribution in [-0.4, -0.2) is 43.7 Å². The van der Waals surface area contributed by atoms with E-state index in [1.807, 2.05) is 30.3 Å². The zero-order valence-electron chi connectivity index (χ0n) is 14.2. The SMILES string of the molecule is CN(Cc1ccccc1)C(=O)C1CCCN(S(=O)(=O)c2cccs2)C1. The number of hydrogen-bond acceptors (Lipinski definition) is 4. The summed E-state index contributed by atoms with van der Waals surface area (Å²) in [4.78, 5) is 14.5. The Kier molecular flexibility index (Phi) is 5.56. The van der Waals surface area contributed by atoms with Gasteiger partial charge in [-0.15, -0.1) is 11.3 Å². The molecular weight excluding hydrogens is 356 g/mol. The Balaban J connectivity index is 1.67. The van der Waals surface area contributed by atoms with Crippen LogP contribution in [0.25, 0.3) is 0 Å². The number of piperidine rings is 1. The van der Waals surface area contributed by atoms with Crippen molar-refractivity contribution in [3.8, 4) is 0 Å². The third-order valence-corrected chi connectivity index (χ3v) is 7.70. The van der Waals surface area contributed by atoms with Crippen LogP contribution in [0, 0.1) is 5.92 Å². The van der Waals surface area contributed by atoms with E-state index in [1.54, 1.807) is 29.5 Å². The summed E-state index contributed by atoms with van der Waals surface area (Å²) in [6.45, 7) is 1.28. The topological polar surface area (TPSA) is 57.7 Å². The fourth-order valence-electron chi connectivity index (χ4n) is 3.15. The highest BCUT2D eigenvalue weighted by molar-refractivity contribution is 7.91. The van der Waals surface area contributed by atoms with Crippen molar-refractivity contribution in [1.29, 1.82) is 0 Å². The number of amides is 1. The van der Waals surface area contributed by atoms with Crippen molar-refractivity contribution in [3.05, 3.63) is 53.4 Å². The fourth-order valence-corrected chi connectivity index (χ4v) is 5.82. The van der Waals surface area contributed by atoms with Crippen LogP contribution in [0.15, 0.2) is 52.1 Å². The van der Waals surface area contributed by atoms with Crippen molar-refractivity contribution >= 4 is 27.3 Å². The van der Waals surface area contributed by atoms with Gasteiger partial charge < -0.3 is 4.90 Å². The lowest BCUT2D eigenvalue weighted by molar-refractivity contribution is -0.135. The first-order chi connectivity index (χ1) is 12.0. The average Bonchev–Trinajstić information content (AvgIpc) is 3.17. The molecule has 1 fully saturated rings. The van der Waals surface area contributed by atoms with Crippen molar-refractivity contribution in [3.63, 3.8) is 0 Å². The van der Waals surface area contributed by atoms with Crippen molar-refractivity contribution < 1.29 is 13.2 Å². The summed E-state index contributed by atoms with van der Waals surface area (Å²) in [7, 11) is -1.71. The largest absolute Gasteiger partial charge is 0.341 e. The number of carbonyl (C=O) groups is 1. The molecule has 0 saturated carbocycles. The van der Waals surface area contributed by atoms with Crippen molar-refractivity contribution in [2.45, 2.75) is 23.6 Å². The van der Waals surface area contributed by atoms with Crippen molar-refractivity contribution in [1.82, 2.24) is 9.21 Å². The number of nitrogens with zero attached hydrogens (tertiary/aromatic N) is 2. The molecule has 25 heavy (non-hydrogen) atoms. The molecule has 1 aliphatic rings. The lowest BCUT2D eigenvalue weighted by Gasteiger charge is -2.33. The molecule has 0 spiro atoms. The van der Waals surface area contributed by atoms with Gasteiger partial charge in [0.1, 0.15) is 4.21 Å². The first kappa shape index (κ1) is 18.1. The van der Waals surface area contributed by atoms with E-state index in [1.165, 1.54) is 15.6 Å². The lowest BCUT2D eigenvalue weighted by atomic mass is 9.98. The van der Waals surface area contributed by atoms with Gasteiger partial charge in [-0.05, 0) is 29.9 Å². The Morgan fingerprint density at radius 1 is 1.24 bits per heavy atom. The highest BCUT2D eigenvalue weighted by Crippen LogP contribution is 2.27. The van der Waals surface area contributed by atoms with Crippen LogP contribution < -0.4 is 0 Å². The molecule has 1 unspecified atom stereocenters. The summed E-state index contributed by atoms with van der Waals surface area (Å²) in [5, 5.41) is 1.76. The first-order valence-electron chi connectivity index (χ1n) is 8.31. The molecular formula is C18H22N2O3S2. The Bertz CT molecular complexity index is 804. The number of carbonyl (C=O) groups excluding carboxylic acids is 1. The zero-order chi connectivity index (χ0) is 17.9. The summed E-state index contributed by atoms with van der Waals surface area (Å²) >= 11 is 1.22. The molecule has 1 saturated heterocycles. The summed E-state index contributed by atoms with van der Waals surface area (Å²) in [6.07, 6.45) is 1.44. The summed E-state index contributed by atoms with van der Waals surface area (Å²) < 4.78 is 27.2. The number of thiophene rings is 1. The van der Waals surface area contributed by atoms with E-state index < -0.39 is 10.0 Å². The van der Waals surface area contributed by atoms with Crippen LogP contribution in [0.3, 0.4) is 0 Å². The Hall–Kier alpha value is -1.70. The average molecular weight is 379 g/mol. The molecule has 1 atom stereocenters. The van der Waals surface area contributed by atoms with E-state index in [0.717, 1.165) is 12.0 Å². The van der Waals surface area contributed by atoms with Gasteiger partial charge in [0.05, 0.1) is 5.92 Å². The van der Waals surface area contributed by atoms with Gasteiger partial charge in [0.15, 0.2) is 0 Å². The van der Waals surface area contributed by atoms with Crippen LogP contribution in [0.4, 0.5) is 0 Å². The molecule has 134 valence electrons. The third kappa shape index (κ3) is 4.11. The molecule has 2 heterocycles. The van der Waals surface area contributed by atoms with E-state index in [9.17, 15) is 13.2 Å². The van der Waals surface area contributed by atoms with E-state index in [-0.39, 0.29) is 18.4 Å². The van der Waals surface area contributed by atoms with Gasteiger partial charge in [-0.3, -0.25) is 4.79 Å². The number of sulfonamides is 1. The van der Waals surface area contributed by atoms with Crippen molar-refractivity contribution in [2.24, 2.45) is 5.92 Å². The summed E-state index contributed by atoms with van der Waals surface area (Å²) in [5.41, 5.74) is 1.07. The van der Waals surface area contributed by atoms with Crippen LogP contribution in [0.2, 0.25) is 0 Å². The maximum absolute atomic E-state index is 12.8. The molecule has 0 aliphatic carbocycles. The minimum Gasteiger partial charge on any atom is -0.341 e. The molecule has 1 aromatic carbocycles. The number of hydrogen-bond donors (Lipinski definition) is 0. The number of benzene rings is 1. The summed E-state index contributed by atoms with van der Waals surface area (Å²) in [5.74, 6) is -0.271. The van der Waals surface area contributed by atoms with E-state index in [2.05, 4.69) is 0 Å². The normalized spacial score (nSPS) is 18.8. The van der Waals surface area contributed by atoms with Crippen molar-refractivity contribution in [2.75, 3.05) is 20.1 Å². The molecule has 0 N–H and O–H groups in total. The zero-order valence-corrected chi connectivity index (χ0v) is 15.8. The molecule has 2 aromatic rings. The standard InChI is InChI=1S/C18H22N2O3S2/c1-19(13-15-7-3-2-4-8-15)18(21)16-9-5-11-20(14-16)25(22,23)17-10-6-12-24-17/h2-4,6-8,10,12,16H,5,9,11,13-14H2,1H3. The first-order valence-corrected chi connectivity index (χ1v) is 10.6. The van der Waals surface area contributed by atoms with Gasteiger partial charge in [-0.1, -0.05) is 36.4 Å². The Morgan fingerprint density at radius 2 is 2.00 bits per heavy atom. The van der Waals surface area contributed by atoms with Gasteiger partial charge >= 0.3 is 0 Å². The molecule has 5 nitrogen and oxygen atoms in total. The van der Waals surface area contributed by atoms with Gasteiger partial charge in [-0.2, -0.15) is 4.31 Å². The van der Waals surface area contributed by atoms with Gasteiger partial charge in [-0.25, -0.2) is 8.42 Å². The van der Waals surface area contributed by atoms with Crippen LogP contribution >= 0.6 is 11.3 Å². The smallest absolute Gasteiger partial charge is 0.252 e. The molecule has 0 radical (unpaired) electrons. The van der Waals surface area contributed by atoms with Gasteiger partial charge in [0.25, 0.3) is 10.0 Å². The van der Waals surface area contributed by atoms with Crippen LogP contribution in [-0.2, 0) is 21.4 Å². The monoisotopic (exact) mass is 378 g/mol. The second-order valence-electron chi connectivity index (χ2n) is 6.31. The maximum Gasteiger partial charge on any atom is 0.252 e. The molecule has 1 amide bonds. The van der Waals surface area contributed by atoms with Gasteiger partial charge in [0, 0.05) is 26.7 Å². The highest BCUT2D eigenvalue weighted by Gasteiger charge is 2.34. The van der Waals surface area contributed by atoms with E-state index >= 15 is 0 Å². The minimum absolute atomic E-state index is 0.00920. The predicted molar refractivity (Wildman–Crippen MR) is 98.7 cm³/mol. The van der Waals surface area contributed by atoms with E-state index in [0.29, 0.717) is 23.7 Å². The van der Waals surface area contributed by atoms with Crippen LogP contribution in [0.5, 0.6) is 0 Å². The van der Waals surface area contributed by atoms with Crippen LogP contribution in [0.1, 0.15) is 18.4 Å². The molecule has 1 aromatic heterocycles. The molecule has 0 bridgehead atoms. The molecule has 1 aliphatic heterocycles. The lowest BCUT2D eigenvalue weighted by Crippen LogP contribution is -2.45. The quantitative estimate of drug-likeness (QED) is 0.804. The Labute approximate surface area is 152 Å². The fraction of sp³-hybridized carbons (Fsp3) is 0.389. The minimum atomic E-state index is -3.49. The molecule has 3 rings (SSSR count). The second-order valence-corrected chi connectivity index (χ2v) is 9.43.